The number of amides is 2. The van der Waals surface area contributed by atoms with Crippen LogP contribution in [0, 0.1) is 45.7 Å². The van der Waals surface area contributed by atoms with E-state index >= 15 is 4.39 Å². The Kier molecular flexibility index (Phi) is 7.82. The van der Waals surface area contributed by atoms with E-state index in [1.54, 1.807) is 6.92 Å². The van der Waals surface area contributed by atoms with Gasteiger partial charge in [-0.25, -0.2) is 4.39 Å². The van der Waals surface area contributed by atoms with Crippen molar-refractivity contribution in [1.82, 2.24) is 10.6 Å². The zero-order valence-electron chi connectivity index (χ0n) is 23.4. The molecule has 0 spiro atoms. The number of rotatable bonds is 8. The van der Waals surface area contributed by atoms with Gasteiger partial charge in [0.05, 0.1) is 28.6 Å². The molecule has 0 aromatic heterocycles. The molecule has 5 saturated carbocycles. The maximum atomic E-state index is 15.1. The van der Waals surface area contributed by atoms with E-state index in [4.69, 9.17) is 4.74 Å². The molecule has 0 aliphatic heterocycles. The predicted octanol–water partition coefficient (Wildman–Crippen LogP) is 4.95. The van der Waals surface area contributed by atoms with E-state index in [1.165, 1.54) is 12.5 Å². The smallest absolute Gasteiger partial charge is 0.309 e. The number of hydrogen-bond acceptors (Lipinski definition) is 5. The van der Waals surface area contributed by atoms with Crippen LogP contribution in [0.5, 0.6) is 5.75 Å². The minimum absolute atomic E-state index is 0.0147. The molecule has 0 unspecified atom stereocenters. The summed E-state index contributed by atoms with van der Waals surface area (Å²) in [6.45, 7) is 4.54. The van der Waals surface area contributed by atoms with Crippen molar-refractivity contribution in [3.8, 4) is 11.8 Å². The molecule has 216 valence electrons. The Morgan fingerprint density at radius 1 is 1.05 bits per heavy atom. The second-order valence-electron chi connectivity index (χ2n) is 13.2. The zero-order chi connectivity index (χ0) is 28.7. The van der Waals surface area contributed by atoms with Crippen molar-refractivity contribution in [2.45, 2.75) is 96.6 Å². The van der Waals surface area contributed by atoms with Crippen LogP contribution in [0.25, 0.3) is 0 Å². The first-order chi connectivity index (χ1) is 19.0. The van der Waals surface area contributed by atoms with Gasteiger partial charge in [0.25, 0.3) is 5.91 Å². The number of fused-ring (bicyclic) bond motifs is 3. The Morgan fingerprint density at radius 3 is 2.27 bits per heavy atom. The van der Waals surface area contributed by atoms with Crippen molar-refractivity contribution in [3.63, 3.8) is 0 Å². The highest BCUT2D eigenvalue weighted by atomic mass is 19.1. The fourth-order valence-corrected chi connectivity index (χ4v) is 7.29. The summed E-state index contributed by atoms with van der Waals surface area (Å²) < 4.78 is 21.2. The van der Waals surface area contributed by atoms with E-state index in [2.05, 4.69) is 17.6 Å². The zero-order valence-corrected chi connectivity index (χ0v) is 23.4. The van der Waals surface area contributed by atoms with Crippen molar-refractivity contribution in [2.75, 3.05) is 6.54 Å². The minimum atomic E-state index is -0.843. The molecule has 2 atom stereocenters. The highest BCUT2D eigenvalue weighted by Crippen LogP contribution is 2.46. The summed E-state index contributed by atoms with van der Waals surface area (Å²) in [5.74, 6) is -2.18. The number of nitrogens with zero attached hydrogens (tertiary/aromatic N) is 1. The fourth-order valence-electron chi connectivity index (χ4n) is 7.29. The van der Waals surface area contributed by atoms with Gasteiger partial charge in [0.15, 0.2) is 0 Å². The maximum absolute atomic E-state index is 15.1. The molecule has 5 aliphatic rings. The van der Waals surface area contributed by atoms with Crippen molar-refractivity contribution < 1.29 is 28.6 Å². The van der Waals surface area contributed by atoms with Crippen LogP contribution in [0.1, 0.15) is 100 Å². The van der Waals surface area contributed by atoms with Crippen LogP contribution in [0.2, 0.25) is 0 Å². The number of carboxylic acids is 1. The molecule has 40 heavy (non-hydrogen) atoms. The molecule has 2 amide bonds. The lowest BCUT2D eigenvalue weighted by Gasteiger charge is -2.48. The third-order valence-corrected chi connectivity index (χ3v) is 10.4. The topological polar surface area (TPSA) is 129 Å². The van der Waals surface area contributed by atoms with E-state index in [0.717, 1.165) is 44.6 Å². The Morgan fingerprint density at radius 2 is 1.70 bits per heavy atom. The van der Waals surface area contributed by atoms with Gasteiger partial charge in [-0.2, -0.15) is 5.26 Å². The first-order valence-corrected chi connectivity index (χ1v) is 14.7. The Labute approximate surface area is 235 Å². The van der Waals surface area contributed by atoms with Crippen LogP contribution in [-0.4, -0.2) is 41.6 Å². The summed E-state index contributed by atoms with van der Waals surface area (Å²) >= 11 is 0. The molecule has 1 aromatic carbocycles. The fraction of sp³-hybridized carbons (Fsp3) is 0.677. The molecule has 5 fully saturated rings. The van der Waals surface area contributed by atoms with E-state index in [9.17, 15) is 24.8 Å². The Hall–Kier alpha value is -3.15. The normalized spacial score (nSPS) is 32.3. The second-order valence-corrected chi connectivity index (χ2v) is 13.2. The van der Waals surface area contributed by atoms with Gasteiger partial charge >= 0.3 is 5.97 Å². The van der Waals surface area contributed by atoms with Gasteiger partial charge in [0.1, 0.15) is 17.6 Å². The summed E-state index contributed by atoms with van der Waals surface area (Å²) in [6, 6.07) is 3.87. The van der Waals surface area contributed by atoms with Gasteiger partial charge in [-0.1, -0.05) is 13.3 Å². The number of aliphatic carboxylic acids is 1. The minimum Gasteiger partial charge on any atom is -0.489 e. The third-order valence-electron chi connectivity index (χ3n) is 10.4. The van der Waals surface area contributed by atoms with Crippen LogP contribution < -0.4 is 15.4 Å². The number of nitrogens with one attached hydrogen (secondary N) is 2. The molecule has 0 radical (unpaired) electrons. The van der Waals surface area contributed by atoms with Crippen molar-refractivity contribution in [3.05, 3.63) is 29.1 Å². The maximum Gasteiger partial charge on any atom is 0.309 e. The van der Waals surface area contributed by atoms with E-state index in [0.29, 0.717) is 32.2 Å². The number of benzene rings is 1. The van der Waals surface area contributed by atoms with Gasteiger partial charge in [0, 0.05) is 12.6 Å². The second kappa shape index (κ2) is 11.0. The highest BCUT2D eigenvalue weighted by molar-refractivity contribution is 5.96. The summed E-state index contributed by atoms with van der Waals surface area (Å²) in [6.07, 6.45) is 8.64. The lowest BCUT2D eigenvalue weighted by molar-refractivity contribution is -0.150. The SMILES string of the molecule is CC1(CNC(=O)[C@H]2C3CCC(CC3)[C@H]2NC(=O)c2cc(O[C@H]3CC[C@@](C)(C(=O)O)CC3)c(C#N)cc2F)CCC1. The van der Waals surface area contributed by atoms with Crippen LogP contribution >= 0.6 is 0 Å². The Balaban J connectivity index is 1.30. The third kappa shape index (κ3) is 5.55. The van der Waals surface area contributed by atoms with Gasteiger partial charge < -0.3 is 20.5 Å². The molecule has 9 heteroatoms. The molecule has 0 heterocycles. The van der Waals surface area contributed by atoms with E-state index < -0.39 is 23.1 Å². The molecular formula is C31H40FN3O5. The van der Waals surface area contributed by atoms with E-state index in [-0.39, 0.29) is 58.1 Å². The van der Waals surface area contributed by atoms with Crippen LogP contribution in [0.4, 0.5) is 4.39 Å². The van der Waals surface area contributed by atoms with Gasteiger partial charge in [0.2, 0.25) is 5.91 Å². The average molecular weight is 554 g/mol. The number of halogens is 1. The molecule has 5 aliphatic carbocycles. The van der Waals surface area contributed by atoms with Crippen LogP contribution in [0.3, 0.4) is 0 Å². The average Bonchev–Trinajstić information content (AvgIpc) is 2.93. The molecule has 8 nitrogen and oxygen atoms in total. The first kappa shape index (κ1) is 28.4. The molecule has 1 aromatic rings. The molecule has 2 bridgehead atoms. The number of carbonyl (C=O) groups excluding carboxylic acids is 2. The van der Waals surface area contributed by atoms with Crippen molar-refractivity contribution in [1.29, 1.82) is 5.26 Å². The van der Waals surface area contributed by atoms with Crippen molar-refractivity contribution in [2.24, 2.45) is 28.6 Å². The lowest BCUT2D eigenvalue weighted by atomic mass is 9.61. The molecular weight excluding hydrogens is 513 g/mol. The summed E-state index contributed by atoms with van der Waals surface area (Å²) in [7, 11) is 0. The standard InChI is InChI=1S/C31H40FN3O5/c1-30(10-3-11-30)17-34-28(37)25-18-4-6-19(7-5-18)26(25)35-27(36)22-15-24(20(16-33)14-23(22)32)40-21-8-12-31(2,13-9-21)29(38)39/h14-15,18-19,21,25-26H,3-13,17H2,1-2H3,(H,34,37)(H,35,36)(H,38,39)/t18?,19?,21-,25-,26+,31+/m0/s1. The molecule has 3 N–H and O–H groups in total. The predicted molar refractivity (Wildman–Crippen MR) is 145 cm³/mol. The largest absolute Gasteiger partial charge is 0.489 e. The van der Waals surface area contributed by atoms with Gasteiger partial charge in [-0.3, -0.25) is 14.4 Å². The quantitative estimate of drug-likeness (QED) is 0.418. The number of hydrogen-bond donors (Lipinski definition) is 3. The van der Waals surface area contributed by atoms with Crippen molar-refractivity contribution >= 4 is 17.8 Å². The molecule has 6 rings (SSSR count). The number of nitriles is 1. The monoisotopic (exact) mass is 553 g/mol. The lowest BCUT2D eigenvalue weighted by Crippen LogP contribution is -2.59. The van der Waals surface area contributed by atoms with Crippen LogP contribution in [-0.2, 0) is 9.59 Å². The van der Waals surface area contributed by atoms with Crippen LogP contribution in [0.15, 0.2) is 12.1 Å². The summed E-state index contributed by atoms with van der Waals surface area (Å²) in [4.78, 5) is 38.4. The number of carbonyl (C=O) groups is 3. The van der Waals surface area contributed by atoms with Gasteiger partial charge in [-0.15, -0.1) is 0 Å². The summed E-state index contributed by atoms with van der Waals surface area (Å²) in [5.41, 5.74) is -0.903. The molecule has 0 saturated heterocycles. The van der Waals surface area contributed by atoms with E-state index in [1.807, 2.05) is 6.07 Å². The first-order valence-electron chi connectivity index (χ1n) is 14.7. The summed E-state index contributed by atoms with van der Waals surface area (Å²) in [5, 5.41) is 25.3. The number of ether oxygens (including phenoxy) is 1. The van der Waals surface area contributed by atoms with Gasteiger partial charge in [-0.05, 0) is 101 Å². The Bertz CT molecular complexity index is 1210. The number of carboxylic acid groups (broad SMARTS) is 1. The highest BCUT2D eigenvalue weighted by Gasteiger charge is 2.48.